The maximum absolute atomic E-state index is 13.2. The summed E-state index contributed by atoms with van der Waals surface area (Å²) in [4.78, 5) is 0. The monoisotopic (exact) mass is 246 g/mol. The van der Waals surface area contributed by atoms with E-state index in [4.69, 9.17) is 0 Å². The fraction of sp³-hybridized carbons (Fsp3) is 0.111. The Kier molecular flexibility index (Phi) is 3.82. The molecule has 3 heteroatoms. The molecule has 0 unspecified atom stereocenters. The van der Waals surface area contributed by atoms with Crippen LogP contribution in [0.3, 0.4) is 0 Å². The molecule has 12 heavy (non-hydrogen) atoms. The van der Waals surface area contributed by atoms with Crippen LogP contribution >= 0.6 is 28.6 Å². The van der Waals surface area contributed by atoms with E-state index in [1.54, 1.807) is 30.4 Å². The normalized spacial score (nSPS) is 10.9. The molecule has 0 fully saturated rings. The lowest BCUT2D eigenvalue weighted by molar-refractivity contribution is 0.618. The molecule has 0 spiro atoms. The molecule has 64 valence electrons. The molecule has 1 aromatic rings. The fourth-order valence-corrected chi connectivity index (χ4v) is 1.32. The molecule has 0 bridgehead atoms. The molecule has 0 amide bonds. The van der Waals surface area contributed by atoms with Crippen molar-refractivity contribution in [1.29, 1.82) is 0 Å². The first-order valence-electron chi connectivity index (χ1n) is 3.47. The third-order valence-electron chi connectivity index (χ3n) is 1.38. The van der Waals surface area contributed by atoms with Gasteiger partial charge in [0.1, 0.15) is 5.82 Å². The summed E-state index contributed by atoms with van der Waals surface area (Å²) in [7, 11) is 0. The van der Waals surface area contributed by atoms with Gasteiger partial charge in [-0.1, -0.05) is 24.3 Å². The summed E-state index contributed by atoms with van der Waals surface area (Å²) in [5.74, 6) is 0.391. The average Bonchev–Trinajstić information content (AvgIpc) is 2.08. The third kappa shape index (κ3) is 2.35. The zero-order valence-corrected chi connectivity index (χ0v) is 8.78. The van der Waals surface area contributed by atoms with Gasteiger partial charge in [0.15, 0.2) is 0 Å². The molecule has 0 saturated carbocycles. The van der Waals surface area contributed by atoms with Gasteiger partial charge in [0.25, 0.3) is 0 Å². The van der Waals surface area contributed by atoms with Crippen molar-refractivity contribution in [2.24, 2.45) is 0 Å². The SMILES string of the molecule is Fc1c(Br)cccc1C=CCS. The highest BCUT2D eigenvalue weighted by Crippen LogP contribution is 2.19. The van der Waals surface area contributed by atoms with Gasteiger partial charge >= 0.3 is 0 Å². The van der Waals surface area contributed by atoms with Gasteiger partial charge in [-0.15, -0.1) is 0 Å². The third-order valence-corrected chi connectivity index (χ3v) is 2.21. The predicted octanol–water partition coefficient (Wildman–Crippen LogP) is 3.53. The molecular formula is C9H8BrFS. The fourth-order valence-electron chi connectivity index (χ4n) is 0.829. The summed E-state index contributed by atoms with van der Waals surface area (Å²) in [6, 6.07) is 5.19. The summed E-state index contributed by atoms with van der Waals surface area (Å²) < 4.78 is 13.7. The standard InChI is InChI=1S/C9H8BrFS/c10-8-5-1-3-7(9(8)11)4-2-6-12/h1-5,12H,6H2. The van der Waals surface area contributed by atoms with E-state index in [1.165, 1.54) is 0 Å². The minimum atomic E-state index is -0.226. The molecule has 0 aromatic heterocycles. The lowest BCUT2D eigenvalue weighted by Crippen LogP contribution is -1.82. The van der Waals surface area contributed by atoms with Crippen LogP contribution in [-0.2, 0) is 0 Å². The van der Waals surface area contributed by atoms with Gasteiger partial charge in [-0.3, -0.25) is 0 Å². The second-order valence-corrected chi connectivity index (χ2v) is 3.45. The van der Waals surface area contributed by atoms with E-state index >= 15 is 0 Å². The Morgan fingerprint density at radius 3 is 2.92 bits per heavy atom. The van der Waals surface area contributed by atoms with Crippen molar-refractivity contribution in [3.05, 3.63) is 40.1 Å². The second-order valence-electron chi connectivity index (χ2n) is 2.23. The van der Waals surface area contributed by atoms with Gasteiger partial charge in [-0.05, 0) is 22.0 Å². The summed E-state index contributed by atoms with van der Waals surface area (Å²) in [5.41, 5.74) is 0.582. The van der Waals surface area contributed by atoms with Crippen molar-refractivity contribution in [2.75, 3.05) is 5.75 Å². The van der Waals surface area contributed by atoms with E-state index in [0.717, 1.165) is 0 Å². The molecular weight excluding hydrogens is 239 g/mol. The summed E-state index contributed by atoms with van der Waals surface area (Å²) in [6.45, 7) is 0. The first-order valence-corrected chi connectivity index (χ1v) is 4.89. The van der Waals surface area contributed by atoms with Crippen molar-refractivity contribution in [3.63, 3.8) is 0 Å². The van der Waals surface area contributed by atoms with Crippen LogP contribution in [0, 0.1) is 5.82 Å². The van der Waals surface area contributed by atoms with Gasteiger partial charge in [-0.25, -0.2) is 4.39 Å². The van der Waals surface area contributed by atoms with E-state index in [0.29, 0.717) is 15.8 Å². The van der Waals surface area contributed by atoms with E-state index < -0.39 is 0 Å². The summed E-state index contributed by atoms with van der Waals surface area (Å²) in [5, 5.41) is 0. The summed E-state index contributed by atoms with van der Waals surface area (Å²) in [6.07, 6.45) is 3.51. The van der Waals surface area contributed by atoms with Gasteiger partial charge in [0.2, 0.25) is 0 Å². The quantitative estimate of drug-likeness (QED) is 0.759. The predicted molar refractivity (Wildman–Crippen MR) is 57.0 cm³/mol. The average molecular weight is 247 g/mol. The lowest BCUT2D eigenvalue weighted by Gasteiger charge is -1.97. The van der Waals surface area contributed by atoms with Crippen molar-refractivity contribution in [1.82, 2.24) is 0 Å². The molecule has 0 saturated heterocycles. The molecule has 0 heterocycles. The molecule has 0 atom stereocenters. The Morgan fingerprint density at radius 2 is 2.25 bits per heavy atom. The number of hydrogen-bond acceptors (Lipinski definition) is 1. The topological polar surface area (TPSA) is 0 Å². The highest BCUT2D eigenvalue weighted by molar-refractivity contribution is 9.10. The van der Waals surface area contributed by atoms with Crippen LogP contribution in [0.1, 0.15) is 5.56 Å². The van der Waals surface area contributed by atoms with Crippen molar-refractivity contribution < 1.29 is 4.39 Å². The first-order chi connectivity index (χ1) is 5.75. The number of benzene rings is 1. The Labute approximate surface area is 85.0 Å². The largest absolute Gasteiger partial charge is 0.205 e. The zero-order chi connectivity index (χ0) is 8.97. The zero-order valence-electron chi connectivity index (χ0n) is 6.30. The molecule has 0 nitrogen and oxygen atoms in total. The van der Waals surface area contributed by atoms with Crippen molar-refractivity contribution in [2.45, 2.75) is 0 Å². The molecule has 0 aliphatic carbocycles. The Morgan fingerprint density at radius 1 is 1.50 bits per heavy atom. The van der Waals surface area contributed by atoms with Crippen LogP contribution in [0.5, 0.6) is 0 Å². The molecule has 0 N–H and O–H groups in total. The van der Waals surface area contributed by atoms with Crippen molar-refractivity contribution >= 4 is 34.6 Å². The molecule has 1 rings (SSSR count). The number of halogens is 2. The smallest absolute Gasteiger partial charge is 0.144 e. The lowest BCUT2D eigenvalue weighted by atomic mass is 10.2. The first kappa shape index (κ1) is 9.81. The molecule has 0 aliphatic rings. The van der Waals surface area contributed by atoms with Gasteiger partial charge in [0, 0.05) is 11.3 Å². The molecule has 0 aliphatic heterocycles. The van der Waals surface area contributed by atoms with E-state index in [-0.39, 0.29) is 5.82 Å². The highest BCUT2D eigenvalue weighted by Gasteiger charge is 2.01. The highest BCUT2D eigenvalue weighted by atomic mass is 79.9. The summed E-state index contributed by atoms with van der Waals surface area (Å²) >= 11 is 7.10. The number of thiol groups is 1. The maximum atomic E-state index is 13.2. The van der Waals surface area contributed by atoms with Crippen LogP contribution in [0.2, 0.25) is 0 Å². The van der Waals surface area contributed by atoms with Crippen LogP contribution in [0.25, 0.3) is 6.08 Å². The van der Waals surface area contributed by atoms with Crippen LogP contribution in [-0.4, -0.2) is 5.75 Å². The Bertz CT molecular complexity index is 297. The minimum absolute atomic E-state index is 0.226. The molecule has 0 radical (unpaired) electrons. The molecule has 1 aromatic carbocycles. The van der Waals surface area contributed by atoms with Crippen molar-refractivity contribution in [3.8, 4) is 0 Å². The van der Waals surface area contributed by atoms with Crippen LogP contribution < -0.4 is 0 Å². The second kappa shape index (κ2) is 4.67. The van der Waals surface area contributed by atoms with Gasteiger partial charge in [-0.2, -0.15) is 12.6 Å². The Hall–Kier alpha value is -0.280. The van der Waals surface area contributed by atoms with Gasteiger partial charge < -0.3 is 0 Å². The maximum Gasteiger partial charge on any atom is 0.144 e. The Balaban J connectivity index is 3.00. The number of rotatable bonds is 2. The van der Waals surface area contributed by atoms with E-state index in [2.05, 4.69) is 28.6 Å². The van der Waals surface area contributed by atoms with E-state index in [9.17, 15) is 4.39 Å². The van der Waals surface area contributed by atoms with Gasteiger partial charge in [0.05, 0.1) is 4.47 Å². The number of hydrogen-bond donors (Lipinski definition) is 1. The van der Waals surface area contributed by atoms with E-state index in [1.807, 2.05) is 0 Å². The minimum Gasteiger partial charge on any atom is -0.205 e. The van der Waals surface area contributed by atoms with Crippen LogP contribution in [0.4, 0.5) is 4.39 Å². The van der Waals surface area contributed by atoms with Crippen LogP contribution in [0.15, 0.2) is 28.7 Å².